The van der Waals surface area contributed by atoms with E-state index in [9.17, 15) is 24.3 Å². The Morgan fingerprint density at radius 2 is 1.92 bits per heavy atom. The molecule has 3 N–H and O–H groups in total. The predicted molar refractivity (Wildman–Crippen MR) is 178 cm³/mol. The minimum atomic E-state index is -1.39. The number of carbonyl (C=O) groups is 4. The molecular formula is C36H47N5O7. The summed E-state index contributed by atoms with van der Waals surface area (Å²) in [6, 6.07) is 7.98. The van der Waals surface area contributed by atoms with Crippen molar-refractivity contribution in [1.29, 1.82) is 0 Å². The third kappa shape index (κ3) is 6.99. The molecule has 3 fully saturated rings. The molecule has 1 aromatic heterocycles. The lowest BCUT2D eigenvalue weighted by atomic mass is 9.93. The van der Waals surface area contributed by atoms with E-state index in [1.54, 1.807) is 32.8 Å². The monoisotopic (exact) mass is 661 g/mol. The molecule has 48 heavy (non-hydrogen) atoms. The van der Waals surface area contributed by atoms with Gasteiger partial charge in [-0.05, 0) is 64.5 Å². The number of rotatable bonds is 5. The number of nitrogens with one attached hydrogen (secondary N) is 2. The van der Waals surface area contributed by atoms with E-state index in [1.807, 2.05) is 42.5 Å². The van der Waals surface area contributed by atoms with Crippen LogP contribution in [0.3, 0.4) is 0 Å². The number of carboxylic acids is 1. The summed E-state index contributed by atoms with van der Waals surface area (Å²) in [5.41, 5.74) is -0.464. The van der Waals surface area contributed by atoms with Crippen LogP contribution in [0.2, 0.25) is 0 Å². The lowest BCUT2D eigenvalue weighted by Gasteiger charge is -2.33. The summed E-state index contributed by atoms with van der Waals surface area (Å²) in [5, 5.41) is 16.8. The highest BCUT2D eigenvalue weighted by Crippen LogP contribution is 2.46. The van der Waals surface area contributed by atoms with E-state index in [1.165, 1.54) is 0 Å². The molecule has 6 atom stereocenters. The Labute approximate surface area is 281 Å². The van der Waals surface area contributed by atoms with Crippen LogP contribution in [0.4, 0.5) is 4.79 Å². The van der Waals surface area contributed by atoms with E-state index in [0.717, 1.165) is 41.6 Å². The molecule has 4 aliphatic rings. The highest BCUT2D eigenvalue weighted by Gasteiger charge is 2.62. The van der Waals surface area contributed by atoms with Gasteiger partial charge in [-0.25, -0.2) is 9.59 Å². The fourth-order valence-corrected chi connectivity index (χ4v) is 7.72. The molecule has 2 aromatic rings. The third-order valence-electron chi connectivity index (χ3n) is 10.1. The standard InChI is InChI=1S/C36H47N5O7/c1-35(2,3)48-34(46)38-28-15-9-7-5-6-8-12-23-17-36(23,33(44)45)39-31(42)30-26-21-40(18-22(26)19-41(30)32(28)43)20-24-16-29(47-4)25-13-10-11-14-27(25)37-24/h8,10-14,16,22-23,26,28,30H,5-7,9,15,17-21H2,1-4H3,(H,38,46)(H,39,42)(H,44,45)/b12-8-/t22-,23+,26-,28-,30-,36+/m0/s1. The molecule has 1 saturated carbocycles. The number of para-hydroxylation sites is 1. The fraction of sp³-hybridized carbons (Fsp3) is 0.583. The van der Waals surface area contributed by atoms with Gasteiger partial charge in [-0.3, -0.25) is 19.5 Å². The zero-order chi connectivity index (χ0) is 34.2. The average molecular weight is 662 g/mol. The minimum absolute atomic E-state index is 0.0243. The fourth-order valence-electron chi connectivity index (χ4n) is 7.72. The van der Waals surface area contributed by atoms with Gasteiger partial charge in [0.15, 0.2) is 0 Å². The van der Waals surface area contributed by atoms with Gasteiger partial charge in [-0.15, -0.1) is 0 Å². The van der Waals surface area contributed by atoms with E-state index in [2.05, 4.69) is 15.5 Å². The van der Waals surface area contributed by atoms with Gasteiger partial charge in [0.05, 0.1) is 18.3 Å². The first-order valence-corrected chi connectivity index (χ1v) is 17.1. The summed E-state index contributed by atoms with van der Waals surface area (Å²) in [6.45, 7) is 7.30. The number of aliphatic carboxylic acids is 1. The Hall–Kier alpha value is -4.19. The maximum atomic E-state index is 14.3. The Morgan fingerprint density at radius 1 is 1.12 bits per heavy atom. The Balaban J connectivity index is 1.27. The quantitative estimate of drug-likeness (QED) is 0.406. The molecule has 12 heteroatoms. The molecule has 1 aliphatic carbocycles. The zero-order valence-electron chi connectivity index (χ0n) is 28.2. The van der Waals surface area contributed by atoms with Crippen molar-refractivity contribution in [1.82, 2.24) is 25.4 Å². The Morgan fingerprint density at radius 3 is 2.67 bits per heavy atom. The van der Waals surface area contributed by atoms with Gasteiger partial charge in [-0.2, -0.15) is 0 Å². The van der Waals surface area contributed by atoms with E-state index in [4.69, 9.17) is 14.5 Å². The normalized spacial score (nSPS) is 30.2. The third-order valence-corrected chi connectivity index (χ3v) is 10.1. The molecular weight excluding hydrogens is 614 g/mol. The van der Waals surface area contributed by atoms with Crippen LogP contribution in [-0.4, -0.2) is 93.7 Å². The van der Waals surface area contributed by atoms with Gasteiger partial charge >= 0.3 is 12.1 Å². The van der Waals surface area contributed by atoms with Crippen molar-refractivity contribution in [2.45, 2.75) is 89.1 Å². The van der Waals surface area contributed by atoms with E-state index in [0.29, 0.717) is 45.4 Å². The van der Waals surface area contributed by atoms with E-state index < -0.39 is 41.2 Å². The number of alkyl carbamates (subject to hydrolysis) is 1. The number of aromatic nitrogens is 1. The first kappa shape index (κ1) is 33.7. The number of hydrogen-bond acceptors (Lipinski definition) is 8. The van der Waals surface area contributed by atoms with Gasteiger partial charge in [0.2, 0.25) is 11.8 Å². The molecule has 12 nitrogen and oxygen atoms in total. The van der Waals surface area contributed by atoms with Gasteiger partial charge in [0.1, 0.15) is 29.0 Å². The smallest absolute Gasteiger partial charge is 0.408 e. The van der Waals surface area contributed by atoms with Crippen LogP contribution in [0, 0.1) is 17.8 Å². The SMILES string of the molecule is COc1cc(CN2C[C@H]3CN4C(=O)[C@@H](NC(=O)OC(C)(C)C)CCCCC/C=C\[C@@H]5C[C@@]5(C(=O)O)NC(=O)[C@@H]4[C@H]3C2)nc2ccccc12. The minimum Gasteiger partial charge on any atom is -0.496 e. The summed E-state index contributed by atoms with van der Waals surface area (Å²) < 4.78 is 11.2. The maximum Gasteiger partial charge on any atom is 0.408 e. The van der Waals surface area contributed by atoms with Gasteiger partial charge in [-0.1, -0.05) is 37.1 Å². The molecule has 3 aliphatic heterocycles. The van der Waals surface area contributed by atoms with Crippen LogP contribution in [-0.2, 0) is 25.7 Å². The Kier molecular flexibility index (Phi) is 9.39. The summed E-state index contributed by atoms with van der Waals surface area (Å²) in [6.07, 6.45) is 7.11. The summed E-state index contributed by atoms with van der Waals surface area (Å²) in [7, 11) is 1.64. The number of amides is 3. The molecule has 1 aromatic carbocycles. The zero-order valence-corrected chi connectivity index (χ0v) is 28.2. The van der Waals surface area contributed by atoms with Crippen molar-refractivity contribution in [3.8, 4) is 5.75 Å². The molecule has 0 radical (unpaired) electrons. The maximum absolute atomic E-state index is 14.3. The number of methoxy groups -OCH3 is 1. The van der Waals surface area contributed by atoms with Crippen molar-refractivity contribution in [3.63, 3.8) is 0 Å². The Bertz CT molecular complexity index is 1600. The lowest BCUT2D eigenvalue weighted by Crippen LogP contribution is -2.58. The molecule has 4 heterocycles. The van der Waals surface area contributed by atoms with Crippen molar-refractivity contribution >= 4 is 34.8 Å². The molecule has 0 spiro atoms. The summed E-state index contributed by atoms with van der Waals surface area (Å²) >= 11 is 0. The number of carboxylic acid groups (broad SMARTS) is 1. The first-order chi connectivity index (χ1) is 22.9. The number of likely N-dealkylation sites (tertiary alicyclic amines) is 1. The van der Waals surface area contributed by atoms with E-state index >= 15 is 0 Å². The number of fused-ring (bicyclic) bond motifs is 5. The van der Waals surface area contributed by atoms with Crippen molar-refractivity contribution < 1.29 is 33.8 Å². The van der Waals surface area contributed by atoms with Crippen LogP contribution in [0.25, 0.3) is 10.9 Å². The number of hydrogen-bond donors (Lipinski definition) is 3. The molecule has 6 rings (SSSR count). The number of benzene rings is 1. The van der Waals surface area contributed by atoms with Crippen LogP contribution in [0.1, 0.15) is 65.0 Å². The van der Waals surface area contributed by atoms with Crippen molar-refractivity contribution in [2.24, 2.45) is 17.8 Å². The van der Waals surface area contributed by atoms with Gasteiger partial charge in [0.25, 0.3) is 0 Å². The molecule has 258 valence electrons. The molecule has 0 bridgehead atoms. The summed E-state index contributed by atoms with van der Waals surface area (Å²) in [5.74, 6) is -1.70. The molecule has 0 unspecified atom stereocenters. The van der Waals surface area contributed by atoms with Crippen LogP contribution in [0.15, 0.2) is 42.5 Å². The lowest BCUT2D eigenvalue weighted by molar-refractivity contribution is -0.146. The second-order valence-corrected chi connectivity index (χ2v) is 14.7. The highest BCUT2D eigenvalue weighted by molar-refractivity contribution is 5.96. The summed E-state index contributed by atoms with van der Waals surface area (Å²) in [4.78, 5) is 62.6. The highest BCUT2D eigenvalue weighted by atomic mass is 16.6. The van der Waals surface area contributed by atoms with Gasteiger partial charge < -0.3 is 30.1 Å². The van der Waals surface area contributed by atoms with E-state index in [-0.39, 0.29) is 23.7 Å². The largest absolute Gasteiger partial charge is 0.496 e. The first-order valence-electron chi connectivity index (χ1n) is 17.1. The number of carbonyl (C=O) groups excluding carboxylic acids is 3. The van der Waals surface area contributed by atoms with Crippen molar-refractivity contribution in [3.05, 3.63) is 48.2 Å². The average Bonchev–Trinajstić information content (AvgIpc) is 3.40. The molecule has 2 saturated heterocycles. The number of allylic oxidation sites excluding steroid dienone is 1. The van der Waals surface area contributed by atoms with Gasteiger partial charge in [0, 0.05) is 49.5 Å². The van der Waals surface area contributed by atoms with Crippen LogP contribution in [0.5, 0.6) is 5.75 Å². The molecule has 3 amide bonds. The second-order valence-electron chi connectivity index (χ2n) is 14.7. The second kappa shape index (κ2) is 13.4. The number of ether oxygens (including phenoxy) is 2. The predicted octanol–water partition coefficient (Wildman–Crippen LogP) is 3.88. The number of nitrogens with zero attached hydrogens (tertiary/aromatic N) is 3. The number of pyridine rings is 1. The van der Waals surface area contributed by atoms with Crippen LogP contribution < -0.4 is 15.4 Å². The topological polar surface area (TPSA) is 150 Å². The van der Waals surface area contributed by atoms with Crippen LogP contribution >= 0.6 is 0 Å². The van der Waals surface area contributed by atoms with Crippen molar-refractivity contribution in [2.75, 3.05) is 26.7 Å².